The van der Waals surface area contributed by atoms with Crippen LogP contribution in [0.4, 0.5) is 0 Å². The van der Waals surface area contributed by atoms with Gasteiger partial charge in [0.2, 0.25) is 0 Å². The van der Waals surface area contributed by atoms with Gasteiger partial charge in [0, 0.05) is 5.02 Å². The standard InChI is InChI=1S/C13H17ClN2O2S/c1-8(2)12(13(15)19)16-11(17)7-18-10-5-3-4-9(14)6-10/h3-6,8,12H,7H2,1-2H3,(H2,15,19)(H,16,17). The Bertz CT molecular complexity index is 466. The molecule has 19 heavy (non-hydrogen) atoms. The molecule has 6 heteroatoms. The Morgan fingerprint density at radius 2 is 2.21 bits per heavy atom. The molecule has 1 aromatic carbocycles. The number of amides is 1. The zero-order valence-electron chi connectivity index (χ0n) is 10.9. The van der Waals surface area contributed by atoms with Crippen LogP contribution in [0.5, 0.6) is 5.75 Å². The number of thiocarbonyl (C=S) groups is 1. The Labute approximate surface area is 123 Å². The predicted molar refractivity (Wildman–Crippen MR) is 80.5 cm³/mol. The first-order chi connectivity index (χ1) is 8.90. The van der Waals surface area contributed by atoms with Gasteiger partial charge in [-0.15, -0.1) is 0 Å². The van der Waals surface area contributed by atoms with Crippen LogP contribution in [0.3, 0.4) is 0 Å². The van der Waals surface area contributed by atoms with E-state index in [0.29, 0.717) is 10.8 Å². The zero-order chi connectivity index (χ0) is 14.4. The van der Waals surface area contributed by atoms with Gasteiger partial charge in [0.25, 0.3) is 5.91 Å². The molecule has 0 heterocycles. The highest BCUT2D eigenvalue weighted by Crippen LogP contribution is 2.16. The molecule has 1 unspecified atom stereocenters. The number of halogens is 1. The molecule has 0 aliphatic heterocycles. The van der Waals surface area contributed by atoms with Crippen LogP contribution in [-0.2, 0) is 4.79 Å². The first kappa shape index (κ1) is 15.7. The van der Waals surface area contributed by atoms with Crippen molar-refractivity contribution in [2.45, 2.75) is 19.9 Å². The van der Waals surface area contributed by atoms with Crippen LogP contribution in [0.1, 0.15) is 13.8 Å². The van der Waals surface area contributed by atoms with Crippen LogP contribution < -0.4 is 15.8 Å². The summed E-state index contributed by atoms with van der Waals surface area (Å²) >= 11 is 10.7. The summed E-state index contributed by atoms with van der Waals surface area (Å²) in [5, 5.41) is 3.29. The number of benzene rings is 1. The molecule has 4 nitrogen and oxygen atoms in total. The smallest absolute Gasteiger partial charge is 0.258 e. The van der Waals surface area contributed by atoms with E-state index in [1.807, 2.05) is 13.8 Å². The lowest BCUT2D eigenvalue weighted by Gasteiger charge is -2.21. The molecular formula is C13H17ClN2O2S. The summed E-state index contributed by atoms with van der Waals surface area (Å²) in [5.41, 5.74) is 5.57. The van der Waals surface area contributed by atoms with E-state index in [9.17, 15) is 4.79 Å². The maximum Gasteiger partial charge on any atom is 0.258 e. The van der Waals surface area contributed by atoms with Crippen molar-refractivity contribution in [2.24, 2.45) is 11.7 Å². The fraction of sp³-hybridized carbons (Fsp3) is 0.385. The van der Waals surface area contributed by atoms with Crippen LogP contribution in [0.25, 0.3) is 0 Å². The molecule has 0 radical (unpaired) electrons. The summed E-state index contributed by atoms with van der Waals surface area (Å²) < 4.78 is 5.33. The van der Waals surface area contributed by atoms with Crippen LogP contribution in [-0.4, -0.2) is 23.5 Å². The predicted octanol–water partition coefficient (Wildman–Crippen LogP) is 2.15. The molecule has 1 atom stereocenters. The van der Waals surface area contributed by atoms with Crippen molar-refractivity contribution in [3.63, 3.8) is 0 Å². The van der Waals surface area contributed by atoms with Crippen LogP contribution >= 0.6 is 23.8 Å². The largest absolute Gasteiger partial charge is 0.484 e. The lowest BCUT2D eigenvalue weighted by Crippen LogP contribution is -2.48. The van der Waals surface area contributed by atoms with Gasteiger partial charge in [-0.05, 0) is 24.1 Å². The minimum atomic E-state index is -0.328. The third kappa shape index (κ3) is 5.44. The number of ether oxygens (including phenoxy) is 1. The minimum Gasteiger partial charge on any atom is -0.484 e. The summed E-state index contributed by atoms with van der Waals surface area (Å²) in [6.45, 7) is 3.76. The Balaban J connectivity index is 2.49. The van der Waals surface area contributed by atoms with E-state index in [1.165, 1.54) is 0 Å². The maximum atomic E-state index is 11.7. The number of rotatable bonds is 6. The van der Waals surface area contributed by atoms with Crippen molar-refractivity contribution in [1.82, 2.24) is 5.32 Å². The number of carbonyl (C=O) groups excluding carboxylic acids is 1. The molecule has 0 aliphatic rings. The second kappa shape index (κ2) is 7.31. The molecule has 3 N–H and O–H groups in total. The van der Waals surface area contributed by atoms with Crippen molar-refractivity contribution in [1.29, 1.82) is 0 Å². The van der Waals surface area contributed by atoms with Crippen molar-refractivity contribution in [3.05, 3.63) is 29.3 Å². The Hall–Kier alpha value is -1.33. The lowest BCUT2D eigenvalue weighted by atomic mass is 10.0. The van der Waals surface area contributed by atoms with Crippen molar-refractivity contribution < 1.29 is 9.53 Å². The molecular weight excluding hydrogens is 284 g/mol. The topological polar surface area (TPSA) is 64.3 Å². The van der Waals surface area contributed by atoms with E-state index in [-0.39, 0.29) is 29.5 Å². The molecule has 1 rings (SSSR count). The molecule has 0 aliphatic carbocycles. The third-order valence-corrected chi connectivity index (χ3v) is 2.94. The maximum absolute atomic E-state index is 11.7. The van der Waals surface area contributed by atoms with E-state index in [0.717, 1.165) is 0 Å². The molecule has 0 saturated carbocycles. The summed E-state index contributed by atoms with van der Waals surface area (Å²) in [6, 6.07) is 6.53. The molecule has 0 aromatic heterocycles. The lowest BCUT2D eigenvalue weighted by molar-refractivity contribution is -0.123. The van der Waals surface area contributed by atoms with Crippen LogP contribution in [0.15, 0.2) is 24.3 Å². The van der Waals surface area contributed by atoms with Gasteiger partial charge in [-0.25, -0.2) is 0 Å². The number of nitrogens with one attached hydrogen (secondary N) is 1. The Kier molecular flexibility index (Phi) is 6.05. The Morgan fingerprint density at radius 3 is 2.74 bits per heavy atom. The van der Waals surface area contributed by atoms with Gasteiger partial charge in [-0.1, -0.05) is 43.7 Å². The molecule has 1 aromatic rings. The van der Waals surface area contributed by atoms with E-state index >= 15 is 0 Å². The molecule has 104 valence electrons. The van der Waals surface area contributed by atoms with Crippen molar-refractivity contribution in [2.75, 3.05) is 6.61 Å². The summed E-state index contributed by atoms with van der Waals surface area (Å²) in [7, 11) is 0. The summed E-state index contributed by atoms with van der Waals surface area (Å²) in [4.78, 5) is 12.0. The van der Waals surface area contributed by atoms with E-state index < -0.39 is 0 Å². The number of carbonyl (C=O) groups is 1. The van der Waals surface area contributed by atoms with E-state index in [4.69, 9.17) is 34.3 Å². The SMILES string of the molecule is CC(C)C(NC(=O)COc1cccc(Cl)c1)C(N)=S. The molecule has 0 spiro atoms. The third-order valence-electron chi connectivity index (χ3n) is 2.46. The van der Waals surface area contributed by atoms with Crippen LogP contribution in [0, 0.1) is 5.92 Å². The quantitative estimate of drug-likeness (QED) is 0.790. The average Bonchev–Trinajstić information content (AvgIpc) is 2.32. The van der Waals surface area contributed by atoms with Gasteiger partial charge < -0.3 is 15.8 Å². The van der Waals surface area contributed by atoms with Gasteiger partial charge in [-0.3, -0.25) is 4.79 Å². The first-order valence-corrected chi connectivity index (χ1v) is 6.66. The minimum absolute atomic E-state index is 0.105. The van der Waals surface area contributed by atoms with E-state index in [1.54, 1.807) is 24.3 Å². The molecule has 1 amide bonds. The monoisotopic (exact) mass is 300 g/mol. The summed E-state index contributed by atoms with van der Waals surface area (Å²) in [5.74, 6) is 0.401. The highest BCUT2D eigenvalue weighted by Gasteiger charge is 2.18. The van der Waals surface area contributed by atoms with Crippen molar-refractivity contribution >= 4 is 34.7 Å². The number of hydrogen-bond donors (Lipinski definition) is 2. The second-order valence-electron chi connectivity index (χ2n) is 4.44. The zero-order valence-corrected chi connectivity index (χ0v) is 12.4. The molecule has 0 saturated heterocycles. The number of hydrogen-bond acceptors (Lipinski definition) is 3. The van der Waals surface area contributed by atoms with Gasteiger partial charge >= 0.3 is 0 Å². The van der Waals surface area contributed by atoms with Crippen LogP contribution in [0.2, 0.25) is 5.02 Å². The Morgan fingerprint density at radius 1 is 1.53 bits per heavy atom. The van der Waals surface area contributed by atoms with Gasteiger partial charge in [0.1, 0.15) is 5.75 Å². The van der Waals surface area contributed by atoms with E-state index in [2.05, 4.69) is 5.32 Å². The molecule has 0 fully saturated rings. The first-order valence-electron chi connectivity index (χ1n) is 5.87. The fourth-order valence-electron chi connectivity index (χ4n) is 1.49. The number of nitrogens with two attached hydrogens (primary N) is 1. The average molecular weight is 301 g/mol. The van der Waals surface area contributed by atoms with Gasteiger partial charge in [0.05, 0.1) is 11.0 Å². The second-order valence-corrected chi connectivity index (χ2v) is 5.35. The van der Waals surface area contributed by atoms with Gasteiger partial charge in [0.15, 0.2) is 6.61 Å². The summed E-state index contributed by atoms with van der Waals surface area (Å²) in [6.07, 6.45) is 0. The fourth-order valence-corrected chi connectivity index (χ4v) is 2.00. The normalized spacial score (nSPS) is 12.0. The molecule has 0 bridgehead atoms. The highest BCUT2D eigenvalue weighted by molar-refractivity contribution is 7.80. The van der Waals surface area contributed by atoms with Crippen molar-refractivity contribution in [3.8, 4) is 5.75 Å². The highest BCUT2D eigenvalue weighted by atomic mass is 35.5. The van der Waals surface area contributed by atoms with Gasteiger partial charge in [-0.2, -0.15) is 0 Å².